The van der Waals surface area contributed by atoms with Gasteiger partial charge in [0.2, 0.25) is 0 Å². The second-order valence-electron chi connectivity index (χ2n) is 1.83. The van der Waals surface area contributed by atoms with Crippen LogP contribution in [0, 0.1) is 10.1 Å². The predicted octanol–water partition coefficient (Wildman–Crippen LogP) is 0.382. The molecule has 0 saturated carbocycles. The monoisotopic (exact) mass is 141 g/mol. The smallest absolute Gasteiger partial charge is 0.321 e. The van der Waals surface area contributed by atoms with Crippen molar-refractivity contribution in [3.63, 3.8) is 0 Å². The number of nitrogens with one attached hydrogen (secondary N) is 1. The van der Waals surface area contributed by atoms with Gasteiger partial charge in [-0.15, -0.1) is 0 Å². The number of nitrogens with two attached hydrogens (primary N) is 1. The van der Waals surface area contributed by atoms with Crippen LogP contribution in [0.2, 0.25) is 0 Å². The van der Waals surface area contributed by atoms with E-state index in [9.17, 15) is 10.1 Å². The number of rotatable bonds is 2. The molecular weight excluding hydrogens is 134 g/mol. The maximum Gasteiger partial charge on any atom is 0.321 e. The van der Waals surface area contributed by atoms with Gasteiger partial charge in [0, 0.05) is 6.07 Å². The van der Waals surface area contributed by atoms with Gasteiger partial charge in [-0.3, -0.25) is 0 Å². The Bertz CT molecular complexity index is 243. The second kappa shape index (κ2) is 2.49. The van der Waals surface area contributed by atoms with Crippen molar-refractivity contribution in [1.29, 1.82) is 0 Å². The largest absolute Gasteiger partial charge is 0.358 e. The molecule has 0 unspecified atom stereocenters. The molecule has 0 atom stereocenters. The van der Waals surface area contributed by atoms with Gasteiger partial charge in [-0.1, -0.05) is 0 Å². The highest BCUT2D eigenvalue weighted by molar-refractivity contribution is 5.23. The zero-order valence-corrected chi connectivity index (χ0v) is 5.20. The van der Waals surface area contributed by atoms with Crippen LogP contribution in [0.3, 0.4) is 0 Å². The Morgan fingerprint density at radius 3 is 2.70 bits per heavy atom. The average Bonchev–Trinajstić information content (AvgIpc) is 2.34. The lowest BCUT2D eigenvalue weighted by Gasteiger charge is -1.86. The Balaban J connectivity index is 2.88. The van der Waals surface area contributed by atoms with Crippen LogP contribution in [-0.2, 0) is 6.54 Å². The van der Waals surface area contributed by atoms with Crippen LogP contribution in [0.1, 0.15) is 5.69 Å². The van der Waals surface area contributed by atoms with Crippen molar-refractivity contribution in [2.24, 2.45) is 5.73 Å². The summed E-state index contributed by atoms with van der Waals surface area (Å²) in [6.07, 6.45) is 0. The lowest BCUT2D eigenvalue weighted by Crippen LogP contribution is -1.96. The number of nitrogens with zero attached hydrogens (tertiary/aromatic N) is 1. The van der Waals surface area contributed by atoms with Crippen LogP contribution in [0.15, 0.2) is 12.1 Å². The van der Waals surface area contributed by atoms with E-state index in [0.29, 0.717) is 12.2 Å². The molecule has 10 heavy (non-hydrogen) atoms. The number of hydrogen-bond acceptors (Lipinski definition) is 3. The van der Waals surface area contributed by atoms with Gasteiger partial charge in [-0.05, 0) is 11.0 Å². The summed E-state index contributed by atoms with van der Waals surface area (Å²) in [6.45, 7) is 0.299. The van der Waals surface area contributed by atoms with Crippen molar-refractivity contribution in [2.75, 3.05) is 0 Å². The number of aromatic nitrogens is 1. The van der Waals surface area contributed by atoms with Gasteiger partial charge in [0.25, 0.3) is 0 Å². The molecule has 54 valence electrons. The molecule has 0 aliphatic carbocycles. The molecule has 5 nitrogen and oxygen atoms in total. The first-order chi connectivity index (χ1) is 4.74. The third-order valence-electron chi connectivity index (χ3n) is 1.15. The molecule has 0 fully saturated rings. The van der Waals surface area contributed by atoms with E-state index in [1.54, 1.807) is 6.07 Å². The van der Waals surface area contributed by atoms with Crippen LogP contribution in [0.5, 0.6) is 0 Å². The van der Waals surface area contributed by atoms with Gasteiger partial charge in [0.1, 0.15) is 5.69 Å². The van der Waals surface area contributed by atoms with E-state index in [1.165, 1.54) is 6.07 Å². The van der Waals surface area contributed by atoms with Crippen molar-refractivity contribution < 1.29 is 4.92 Å². The third kappa shape index (κ3) is 1.14. The van der Waals surface area contributed by atoms with Gasteiger partial charge in [0.15, 0.2) is 0 Å². The highest BCUT2D eigenvalue weighted by Gasteiger charge is 2.04. The van der Waals surface area contributed by atoms with E-state index in [1.807, 2.05) is 0 Å². The maximum absolute atomic E-state index is 10.1. The Morgan fingerprint density at radius 2 is 2.40 bits per heavy atom. The molecule has 1 rings (SSSR count). The Labute approximate surface area is 57.0 Å². The molecule has 1 heterocycles. The summed E-state index contributed by atoms with van der Waals surface area (Å²) in [4.78, 5) is 12.1. The minimum absolute atomic E-state index is 0.0135. The van der Waals surface area contributed by atoms with Crippen molar-refractivity contribution in [1.82, 2.24) is 4.98 Å². The summed E-state index contributed by atoms with van der Waals surface area (Å²) in [6, 6.07) is 2.99. The van der Waals surface area contributed by atoms with Gasteiger partial charge in [-0.25, -0.2) is 4.98 Å². The number of H-pyrrole nitrogens is 1. The van der Waals surface area contributed by atoms with Crippen LogP contribution in [0.4, 0.5) is 5.82 Å². The van der Waals surface area contributed by atoms with Gasteiger partial charge < -0.3 is 15.8 Å². The summed E-state index contributed by atoms with van der Waals surface area (Å²) in [5, 5.41) is 10.1. The van der Waals surface area contributed by atoms with Crippen molar-refractivity contribution in [3.8, 4) is 0 Å². The summed E-state index contributed by atoms with van der Waals surface area (Å²) >= 11 is 0. The lowest BCUT2D eigenvalue weighted by molar-refractivity contribution is -0.389. The van der Waals surface area contributed by atoms with E-state index in [-0.39, 0.29) is 5.82 Å². The molecule has 1 aromatic rings. The molecule has 3 N–H and O–H groups in total. The number of aromatic amines is 1. The topological polar surface area (TPSA) is 84.9 Å². The van der Waals surface area contributed by atoms with Crippen molar-refractivity contribution in [3.05, 3.63) is 27.9 Å². The minimum Gasteiger partial charge on any atom is -0.358 e. The fourth-order valence-corrected chi connectivity index (χ4v) is 0.653. The van der Waals surface area contributed by atoms with Gasteiger partial charge in [0.05, 0.1) is 6.54 Å². The standard InChI is InChI=1S/C5H7N3O2/c6-3-4-1-2-5(7-4)8(9)10/h1-2,7H,3,6H2. The average molecular weight is 141 g/mol. The summed E-state index contributed by atoms with van der Waals surface area (Å²) in [5.74, 6) is -0.0135. The first-order valence-electron chi connectivity index (χ1n) is 2.76. The lowest BCUT2D eigenvalue weighted by atomic mass is 10.4. The molecular formula is C5H7N3O2. The van der Waals surface area contributed by atoms with Gasteiger partial charge >= 0.3 is 5.82 Å². The second-order valence-corrected chi connectivity index (χ2v) is 1.83. The van der Waals surface area contributed by atoms with Crippen LogP contribution in [-0.4, -0.2) is 9.91 Å². The van der Waals surface area contributed by atoms with E-state index in [4.69, 9.17) is 5.73 Å². The molecule has 0 aliphatic rings. The molecule has 0 radical (unpaired) electrons. The molecule has 0 aromatic carbocycles. The minimum atomic E-state index is -0.487. The molecule has 0 amide bonds. The highest BCUT2D eigenvalue weighted by atomic mass is 16.6. The van der Waals surface area contributed by atoms with E-state index in [0.717, 1.165) is 0 Å². The third-order valence-corrected chi connectivity index (χ3v) is 1.15. The van der Waals surface area contributed by atoms with E-state index in [2.05, 4.69) is 4.98 Å². The first-order valence-corrected chi connectivity index (χ1v) is 2.76. The zero-order chi connectivity index (χ0) is 7.56. The normalized spacial score (nSPS) is 9.70. The quantitative estimate of drug-likeness (QED) is 0.461. The van der Waals surface area contributed by atoms with Crippen LogP contribution < -0.4 is 5.73 Å². The first kappa shape index (κ1) is 6.76. The van der Waals surface area contributed by atoms with E-state index < -0.39 is 4.92 Å². The molecule has 1 aromatic heterocycles. The number of hydrogen-bond donors (Lipinski definition) is 2. The van der Waals surface area contributed by atoms with Crippen LogP contribution >= 0.6 is 0 Å². The molecule has 0 spiro atoms. The number of nitro groups is 1. The van der Waals surface area contributed by atoms with Crippen molar-refractivity contribution in [2.45, 2.75) is 6.54 Å². The fourth-order valence-electron chi connectivity index (χ4n) is 0.653. The zero-order valence-electron chi connectivity index (χ0n) is 5.20. The maximum atomic E-state index is 10.1. The Morgan fingerprint density at radius 1 is 1.70 bits per heavy atom. The highest BCUT2D eigenvalue weighted by Crippen LogP contribution is 2.08. The molecule has 0 aliphatic heterocycles. The fraction of sp³-hybridized carbons (Fsp3) is 0.200. The van der Waals surface area contributed by atoms with E-state index >= 15 is 0 Å². The summed E-state index contributed by atoms with van der Waals surface area (Å²) in [5.41, 5.74) is 5.88. The molecule has 0 saturated heterocycles. The predicted molar refractivity (Wildman–Crippen MR) is 35.3 cm³/mol. The summed E-state index contributed by atoms with van der Waals surface area (Å²) in [7, 11) is 0. The van der Waals surface area contributed by atoms with Crippen molar-refractivity contribution >= 4 is 5.82 Å². The molecule has 5 heteroatoms. The Hall–Kier alpha value is -1.36. The summed E-state index contributed by atoms with van der Waals surface area (Å²) < 4.78 is 0. The Kier molecular flexibility index (Phi) is 1.68. The SMILES string of the molecule is NCc1ccc([N+](=O)[O-])[nH]1. The van der Waals surface area contributed by atoms with Gasteiger partial charge in [-0.2, -0.15) is 0 Å². The van der Waals surface area contributed by atoms with Crippen LogP contribution in [0.25, 0.3) is 0 Å². The molecule has 0 bridgehead atoms.